The van der Waals surface area contributed by atoms with Crippen molar-refractivity contribution in [2.45, 2.75) is 38.3 Å². The van der Waals surface area contributed by atoms with Gasteiger partial charge in [0.1, 0.15) is 0 Å². The predicted molar refractivity (Wildman–Crippen MR) is 99.8 cm³/mol. The minimum atomic E-state index is 0. The van der Waals surface area contributed by atoms with E-state index in [1.54, 1.807) is 0 Å². The van der Waals surface area contributed by atoms with Crippen molar-refractivity contribution in [2.24, 2.45) is 5.92 Å². The van der Waals surface area contributed by atoms with Crippen molar-refractivity contribution in [3.05, 3.63) is 48.5 Å². The molecular formula is C19H27ClN4. The fourth-order valence-corrected chi connectivity index (χ4v) is 3.39. The van der Waals surface area contributed by atoms with Gasteiger partial charge < -0.3 is 9.88 Å². The van der Waals surface area contributed by atoms with Crippen molar-refractivity contribution in [1.82, 2.24) is 19.8 Å². The molecular weight excluding hydrogens is 320 g/mol. The highest BCUT2D eigenvalue weighted by molar-refractivity contribution is 5.85. The number of imidazole rings is 1. The topological polar surface area (TPSA) is 33.1 Å². The van der Waals surface area contributed by atoms with E-state index in [2.05, 4.69) is 39.5 Å². The second-order valence-electron chi connectivity index (χ2n) is 7.04. The molecule has 24 heavy (non-hydrogen) atoms. The van der Waals surface area contributed by atoms with Crippen molar-refractivity contribution >= 4 is 12.4 Å². The zero-order chi connectivity index (χ0) is 15.5. The first kappa shape index (κ1) is 17.5. The number of hydrogen-bond acceptors (Lipinski definition) is 3. The molecule has 1 saturated carbocycles. The highest BCUT2D eigenvalue weighted by atomic mass is 35.5. The van der Waals surface area contributed by atoms with Gasteiger partial charge in [0.2, 0.25) is 0 Å². The van der Waals surface area contributed by atoms with Gasteiger partial charge in [0.05, 0.1) is 6.33 Å². The molecule has 1 aliphatic heterocycles. The number of benzene rings is 1. The number of hydrogen-bond donors (Lipinski definition) is 1. The highest BCUT2D eigenvalue weighted by Gasteiger charge is 2.24. The van der Waals surface area contributed by atoms with Crippen molar-refractivity contribution in [2.75, 3.05) is 19.6 Å². The lowest BCUT2D eigenvalue weighted by Crippen LogP contribution is -2.42. The van der Waals surface area contributed by atoms with Crippen LogP contribution in [0.2, 0.25) is 0 Å². The third kappa shape index (κ3) is 4.59. The molecule has 1 aromatic heterocycles. The molecule has 0 unspecified atom stereocenters. The second-order valence-corrected chi connectivity index (χ2v) is 7.04. The molecule has 2 heterocycles. The smallest absolute Gasteiger partial charge is 0.0991 e. The molecule has 2 aliphatic rings. The molecule has 2 aromatic rings. The summed E-state index contributed by atoms with van der Waals surface area (Å²) in [5.41, 5.74) is 2.58. The summed E-state index contributed by atoms with van der Waals surface area (Å²) in [6, 6.07) is 9.59. The molecule has 0 bridgehead atoms. The number of nitrogens with zero attached hydrogens (tertiary/aromatic N) is 3. The summed E-state index contributed by atoms with van der Waals surface area (Å²) in [7, 11) is 0. The molecule has 4 nitrogen and oxygen atoms in total. The van der Waals surface area contributed by atoms with E-state index in [1.807, 2.05) is 23.3 Å². The van der Waals surface area contributed by atoms with Crippen molar-refractivity contribution in [3.8, 4) is 5.69 Å². The van der Waals surface area contributed by atoms with Gasteiger partial charge >= 0.3 is 0 Å². The Kier molecular flexibility index (Phi) is 5.93. The van der Waals surface area contributed by atoms with Crippen LogP contribution >= 0.6 is 12.4 Å². The van der Waals surface area contributed by atoms with Gasteiger partial charge in [-0.1, -0.05) is 12.1 Å². The van der Waals surface area contributed by atoms with Gasteiger partial charge in [0.15, 0.2) is 0 Å². The number of piperidine rings is 1. The van der Waals surface area contributed by atoms with Crippen LogP contribution in [0.25, 0.3) is 5.69 Å². The molecule has 0 spiro atoms. The largest absolute Gasteiger partial charge is 0.314 e. The van der Waals surface area contributed by atoms with E-state index in [-0.39, 0.29) is 12.4 Å². The second kappa shape index (κ2) is 8.15. The van der Waals surface area contributed by atoms with E-state index >= 15 is 0 Å². The van der Waals surface area contributed by atoms with Crippen LogP contribution in [0.1, 0.15) is 31.2 Å². The Hall–Kier alpha value is -1.36. The number of halogens is 1. The van der Waals surface area contributed by atoms with Gasteiger partial charge in [0, 0.05) is 30.7 Å². The van der Waals surface area contributed by atoms with Crippen LogP contribution in [0.15, 0.2) is 43.0 Å². The monoisotopic (exact) mass is 346 g/mol. The van der Waals surface area contributed by atoms with Crippen molar-refractivity contribution in [1.29, 1.82) is 0 Å². The van der Waals surface area contributed by atoms with Gasteiger partial charge in [0.25, 0.3) is 0 Å². The number of aromatic nitrogens is 2. The molecule has 5 heteroatoms. The third-order valence-electron chi connectivity index (χ3n) is 5.12. The first-order valence-corrected chi connectivity index (χ1v) is 8.90. The summed E-state index contributed by atoms with van der Waals surface area (Å²) in [5.74, 6) is 0.988. The molecule has 1 N–H and O–H groups in total. The van der Waals surface area contributed by atoms with Gasteiger partial charge in [-0.15, -0.1) is 12.4 Å². The van der Waals surface area contributed by atoms with E-state index in [4.69, 9.17) is 0 Å². The quantitative estimate of drug-likeness (QED) is 0.871. The summed E-state index contributed by atoms with van der Waals surface area (Å²) >= 11 is 0. The molecule has 0 atom stereocenters. The lowest BCUT2D eigenvalue weighted by Gasteiger charge is -2.32. The van der Waals surface area contributed by atoms with Crippen LogP contribution in [0, 0.1) is 5.92 Å². The zero-order valence-corrected chi connectivity index (χ0v) is 14.9. The van der Waals surface area contributed by atoms with E-state index in [9.17, 15) is 0 Å². The molecule has 1 saturated heterocycles. The van der Waals surface area contributed by atoms with Crippen LogP contribution in [0.3, 0.4) is 0 Å². The molecule has 0 amide bonds. The average Bonchev–Trinajstić information content (AvgIpc) is 3.26. The molecule has 2 fully saturated rings. The zero-order valence-electron chi connectivity index (χ0n) is 14.1. The van der Waals surface area contributed by atoms with Gasteiger partial charge in [-0.25, -0.2) is 4.98 Å². The summed E-state index contributed by atoms with van der Waals surface area (Å²) in [5, 5.41) is 3.76. The summed E-state index contributed by atoms with van der Waals surface area (Å²) in [4.78, 5) is 6.69. The van der Waals surface area contributed by atoms with Crippen LogP contribution in [0.4, 0.5) is 0 Å². The lowest BCUT2D eigenvalue weighted by molar-refractivity contribution is 0.190. The molecule has 1 aromatic carbocycles. The van der Waals surface area contributed by atoms with Crippen LogP contribution < -0.4 is 5.32 Å². The normalized spacial score (nSPS) is 19.2. The Morgan fingerprint density at radius 3 is 2.42 bits per heavy atom. The van der Waals surface area contributed by atoms with E-state index in [0.717, 1.165) is 18.5 Å². The number of rotatable bonds is 6. The van der Waals surface area contributed by atoms with Gasteiger partial charge in [-0.05, 0) is 68.9 Å². The van der Waals surface area contributed by atoms with Crippen molar-refractivity contribution < 1.29 is 0 Å². The molecule has 1 aliphatic carbocycles. The first-order chi connectivity index (χ1) is 11.4. The SMILES string of the molecule is Cl.c1cn(-c2ccc(CN3CCC(NCC4CC4)CC3)cc2)cn1. The van der Waals surface area contributed by atoms with Gasteiger partial charge in [-0.2, -0.15) is 0 Å². The predicted octanol–water partition coefficient (Wildman–Crippen LogP) is 3.26. The fourth-order valence-electron chi connectivity index (χ4n) is 3.39. The Balaban J connectivity index is 0.00000169. The Labute approximate surface area is 150 Å². The Morgan fingerprint density at radius 1 is 1.04 bits per heavy atom. The fraction of sp³-hybridized carbons (Fsp3) is 0.526. The molecule has 4 rings (SSSR count). The molecule has 0 radical (unpaired) electrons. The van der Waals surface area contributed by atoms with Gasteiger partial charge in [-0.3, -0.25) is 4.90 Å². The maximum absolute atomic E-state index is 4.10. The maximum atomic E-state index is 4.10. The first-order valence-electron chi connectivity index (χ1n) is 8.90. The Bertz CT molecular complexity index is 599. The summed E-state index contributed by atoms with van der Waals surface area (Å²) in [6.45, 7) is 4.75. The standard InChI is InChI=1S/C19H26N4.ClH/c1-2-16(1)13-21-18-7-10-22(11-8-18)14-17-3-5-19(6-4-17)23-12-9-20-15-23;/h3-6,9,12,15-16,18,21H,1-2,7-8,10-11,13-14H2;1H. The van der Waals surface area contributed by atoms with E-state index < -0.39 is 0 Å². The minimum absolute atomic E-state index is 0. The van der Waals surface area contributed by atoms with E-state index in [0.29, 0.717) is 0 Å². The van der Waals surface area contributed by atoms with E-state index in [1.165, 1.54) is 56.6 Å². The van der Waals surface area contributed by atoms with Crippen LogP contribution in [-0.2, 0) is 6.54 Å². The number of nitrogens with one attached hydrogen (secondary N) is 1. The maximum Gasteiger partial charge on any atom is 0.0991 e. The minimum Gasteiger partial charge on any atom is -0.314 e. The molecule has 130 valence electrons. The Morgan fingerprint density at radius 2 is 1.79 bits per heavy atom. The summed E-state index contributed by atoms with van der Waals surface area (Å²) in [6.07, 6.45) is 11.1. The van der Waals surface area contributed by atoms with Crippen LogP contribution in [0.5, 0.6) is 0 Å². The average molecular weight is 347 g/mol. The van der Waals surface area contributed by atoms with Crippen molar-refractivity contribution in [3.63, 3.8) is 0 Å². The lowest BCUT2D eigenvalue weighted by atomic mass is 10.0. The van der Waals surface area contributed by atoms with Crippen LogP contribution in [-0.4, -0.2) is 40.1 Å². The summed E-state index contributed by atoms with van der Waals surface area (Å²) < 4.78 is 2.04. The third-order valence-corrected chi connectivity index (χ3v) is 5.12. The highest BCUT2D eigenvalue weighted by Crippen LogP contribution is 2.28. The number of likely N-dealkylation sites (tertiary alicyclic amines) is 1.